The Balaban J connectivity index is 0.00000264. The molecule has 24 heavy (non-hydrogen) atoms. The van der Waals surface area contributed by atoms with Crippen molar-refractivity contribution >= 4 is 30.8 Å². The summed E-state index contributed by atoms with van der Waals surface area (Å²) in [6, 6.07) is 8.51. The lowest BCUT2D eigenvalue weighted by Gasteiger charge is -2.35. The van der Waals surface area contributed by atoms with Crippen LogP contribution in [0.4, 0.5) is 0 Å². The quantitative estimate of drug-likeness (QED) is 0.443. The molecule has 0 unspecified atom stereocenters. The Morgan fingerprint density at radius 1 is 1.17 bits per heavy atom. The lowest BCUT2D eigenvalue weighted by atomic mass is 9.98. The van der Waals surface area contributed by atoms with Gasteiger partial charge in [0.05, 0.1) is 0 Å². The van der Waals surface area contributed by atoms with Crippen molar-refractivity contribution in [1.29, 1.82) is 0 Å². The van der Waals surface area contributed by atoms with Crippen molar-refractivity contribution in [1.82, 2.24) is 10.2 Å². The van der Waals surface area contributed by atoms with Crippen molar-refractivity contribution in [3.8, 4) is 5.75 Å². The van der Waals surface area contributed by atoms with Gasteiger partial charge in [0.1, 0.15) is 5.75 Å². The average Bonchev–Trinajstić information content (AvgIpc) is 2.53. The van der Waals surface area contributed by atoms with Gasteiger partial charge < -0.3 is 10.1 Å². The Morgan fingerprint density at radius 2 is 1.79 bits per heavy atom. The number of esters is 1. The van der Waals surface area contributed by atoms with Gasteiger partial charge in [-0.05, 0) is 24.1 Å². The molecular formula is C18H30Cl2N2O2. The molecule has 1 aliphatic heterocycles. The first-order chi connectivity index (χ1) is 10.7. The van der Waals surface area contributed by atoms with E-state index >= 15 is 0 Å². The molecule has 138 valence electrons. The van der Waals surface area contributed by atoms with Crippen LogP contribution in [0.1, 0.15) is 51.1 Å². The molecule has 4 nitrogen and oxygen atoms in total. The van der Waals surface area contributed by atoms with Crippen LogP contribution in [0, 0.1) is 0 Å². The van der Waals surface area contributed by atoms with Crippen molar-refractivity contribution in [3.63, 3.8) is 0 Å². The molecule has 1 aromatic carbocycles. The largest absolute Gasteiger partial charge is 0.427 e. The van der Waals surface area contributed by atoms with E-state index in [2.05, 4.69) is 29.3 Å². The molecule has 1 aromatic rings. The van der Waals surface area contributed by atoms with Crippen LogP contribution in [0.25, 0.3) is 0 Å². The van der Waals surface area contributed by atoms with Gasteiger partial charge in [-0.25, -0.2) is 0 Å². The fraction of sp³-hybridized carbons (Fsp3) is 0.611. The lowest BCUT2D eigenvalue weighted by molar-refractivity contribution is -0.131. The van der Waals surface area contributed by atoms with Crippen LogP contribution in [-0.4, -0.2) is 37.0 Å². The summed E-state index contributed by atoms with van der Waals surface area (Å²) >= 11 is 0. The predicted molar refractivity (Wildman–Crippen MR) is 104 cm³/mol. The summed E-state index contributed by atoms with van der Waals surface area (Å²) in [7, 11) is 0. The van der Waals surface area contributed by atoms with E-state index in [0.717, 1.165) is 26.2 Å². The molecule has 0 radical (unpaired) electrons. The number of carbonyl (C=O) groups excluding carboxylic acids is 1. The van der Waals surface area contributed by atoms with E-state index in [-0.39, 0.29) is 30.8 Å². The van der Waals surface area contributed by atoms with Crippen LogP contribution in [0.15, 0.2) is 24.3 Å². The summed E-state index contributed by atoms with van der Waals surface area (Å²) in [6.07, 6.45) is 4.99. The Labute approximate surface area is 158 Å². The summed E-state index contributed by atoms with van der Waals surface area (Å²) in [5.74, 6) is 0.359. The van der Waals surface area contributed by atoms with E-state index in [4.69, 9.17) is 4.74 Å². The van der Waals surface area contributed by atoms with Crippen molar-refractivity contribution in [2.75, 3.05) is 26.2 Å². The molecule has 0 amide bonds. The number of rotatable bonds is 7. The van der Waals surface area contributed by atoms with Crippen molar-refractivity contribution in [2.24, 2.45) is 0 Å². The molecule has 1 heterocycles. The molecule has 6 heteroatoms. The Bertz CT molecular complexity index is 463. The summed E-state index contributed by atoms with van der Waals surface area (Å²) in [5, 5.41) is 3.42. The van der Waals surface area contributed by atoms with E-state index < -0.39 is 0 Å². The number of piperazine rings is 1. The maximum Gasteiger partial charge on any atom is 0.308 e. The van der Waals surface area contributed by atoms with Gasteiger partial charge in [0, 0.05) is 39.1 Å². The fourth-order valence-corrected chi connectivity index (χ4v) is 3.07. The zero-order valence-corrected chi connectivity index (χ0v) is 16.3. The van der Waals surface area contributed by atoms with Crippen LogP contribution in [0.5, 0.6) is 5.75 Å². The van der Waals surface area contributed by atoms with E-state index in [1.165, 1.54) is 38.2 Å². The van der Waals surface area contributed by atoms with Crippen molar-refractivity contribution < 1.29 is 9.53 Å². The minimum absolute atomic E-state index is 0. The number of nitrogens with zero attached hydrogens (tertiary/aromatic N) is 1. The second kappa shape index (κ2) is 12.5. The number of hydrogen-bond acceptors (Lipinski definition) is 4. The summed E-state index contributed by atoms with van der Waals surface area (Å²) < 4.78 is 5.13. The van der Waals surface area contributed by atoms with Crippen molar-refractivity contribution in [2.45, 2.75) is 45.6 Å². The average molecular weight is 377 g/mol. The van der Waals surface area contributed by atoms with Gasteiger partial charge in [0.25, 0.3) is 0 Å². The Kier molecular flexibility index (Phi) is 12.1. The van der Waals surface area contributed by atoms with Crippen molar-refractivity contribution in [3.05, 3.63) is 29.8 Å². The zero-order valence-electron chi connectivity index (χ0n) is 14.6. The van der Waals surface area contributed by atoms with Crippen LogP contribution in [-0.2, 0) is 4.79 Å². The lowest BCUT2D eigenvalue weighted by Crippen LogP contribution is -2.45. The zero-order chi connectivity index (χ0) is 15.8. The third-order valence-electron chi connectivity index (χ3n) is 4.20. The summed E-state index contributed by atoms with van der Waals surface area (Å²) in [6.45, 7) is 8.01. The van der Waals surface area contributed by atoms with Gasteiger partial charge in [0.15, 0.2) is 0 Å². The normalized spacial score (nSPS) is 15.8. The number of benzene rings is 1. The van der Waals surface area contributed by atoms with Crippen LogP contribution in [0.2, 0.25) is 0 Å². The number of nitrogens with one attached hydrogen (secondary N) is 1. The minimum atomic E-state index is -0.269. The number of halogens is 2. The van der Waals surface area contributed by atoms with E-state index in [9.17, 15) is 4.79 Å². The highest BCUT2D eigenvalue weighted by atomic mass is 35.5. The molecule has 2 rings (SSSR count). The Morgan fingerprint density at radius 3 is 2.33 bits per heavy atom. The van der Waals surface area contributed by atoms with Gasteiger partial charge in [-0.2, -0.15) is 0 Å². The third-order valence-corrected chi connectivity index (χ3v) is 4.20. The first kappa shape index (κ1) is 23.2. The van der Waals surface area contributed by atoms with E-state index in [1.807, 2.05) is 12.1 Å². The highest BCUT2D eigenvalue weighted by molar-refractivity contribution is 5.85. The molecule has 1 aliphatic rings. The second-order valence-electron chi connectivity index (χ2n) is 5.96. The Hall–Kier alpha value is -0.810. The molecular weight excluding hydrogens is 347 g/mol. The molecule has 1 saturated heterocycles. The number of carbonyl (C=O) groups is 1. The topological polar surface area (TPSA) is 41.6 Å². The fourth-order valence-electron chi connectivity index (χ4n) is 3.07. The SMILES string of the molecule is CCCCC[C@H](c1ccc(OC(C)=O)cc1)N1CCNCC1.Cl.Cl. The number of hydrogen-bond donors (Lipinski definition) is 1. The van der Waals surface area contributed by atoms with Crippen LogP contribution >= 0.6 is 24.8 Å². The summed E-state index contributed by atoms with van der Waals surface area (Å²) in [4.78, 5) is 13.6. The van der Waals surface area contributed by atoms with Gasteiger partial charge in [-0.3, -0.25) is 9.69 Å². The van der Waals surface area contributed by atoms with Gasteiger partial charge in [-0.15, -0.1) is 24.8 Å². The molecule has 0 bridgehead atoms. The maximum atomic E-state index is 11.0. The van der Waals surface area contributed by atoms with Crippen LogP contribution < -0.4 is 10.1 Å². The van der Waals surface area contributed by atoms with Gasteiger partial charge in [0.2, 0.25) is 0 Å². The molecule has 1 atom stereocenters. The number of ether oxygens (including phenoxy) is 1. The molecule has 1 N–H and O–H groups in total. The van der Waals surface area contributed by atoms with Crippen LogP contribution in [0.3, 0.4) is 0 Å². The number of unbranched alkanes of at least 4 members (excludes halogenated alkanes) is 2. The minimum Gasteiger partial charge on any atom is -0.427 e. The molecule has 0 aromatic heterocycles. The smallest absolute Gasteiger partial charge is 0.308 e. The molecule has 0 spiro atoms. The highest BCUT2D eigenvalue weighted by Gasteiger charge is 2.21. The van der Waals surface area contributed by atoms with Gasteiger partial charge in [-0.1, -0.05) is 38.3 Å². The standard InChI is InChI=1S/C18H28N2O2.2ClH/c1-3-4-5-6-18(20-13-11-19-12-14-20)16-7-9-17(10-8-16)22-15(2)21;;/h7-10,18-19H,3-6,11-14H2,1-2H3;2*1H/t18-;;/m1../s1. The monoisotopic (exact) mass is 376 g/mol. The van der Waals surface area contributed by atoms with E-state index in [0.29, 0.717) is 11.8 Å². The maximum absolute atomic E-state index is 11.0. The van der Waals surface area contributed by atoms with E-state index in [1.54, 1.807) is 0 Å². The first-order valence-corrected chi connectivity index (χ1v) is 8.44. The van der Waals surface area contributed by atoms with Gasteiger partial charge >= 0.3 is 5.97 Å². The summed E-state index contributed by atoms with van der Waals surface area (Å²) in [5.41, 5.74) is 1.33. The second-order valence-corrected chi connectivity index (χ2v) is 5.96. The third kappa shape index (κ3) is 7.39. The highest BCUT2D eigenvalue weighted by Crippen LogP contribution is 2.28. The molecule has 0 saturated carbocycles. The predicted octanol–water partition coefficient (Wildman–Crippen LogP) is 3.98. The first-order valence-electron chi connectivity index (χ1n) is 8.44. The molecule has 0 aliphatic carbocycles. The molecule has 1 fully saturated rings.